The average Bonchev–Trinajstić information content (AvgIpc) is 2.51. The van der Waals surface area contributed by atoms with Crippen molar-refractivity contribution in [3.8, 4) is 0 Å². The topological polar surface area (TPSA) is 111 Å². The molecule has 4 atom stereocenters. The van der Waals surface area contributed by atoms with Crippen molar-refractivity contribution in [1.29, 1.82) is 0 Å². The molecule has 140 valence electrons. The van der Waals surface area contributed by atoms with Crippen LogP contribution in [0.4, 0.5) is 4.79 Å². The summed E-state index contributed by atoms with van der Waals surface area (Å²) in [6, 6.07) is 0. The quantitative estimate of drug-likeness (QED) is 0.435. The lowest BCUT2D eigenvalue weighted by atomic mass is 9.91. The molecule has 0 heterocycles. The van der Waals surface area contributed by atoms with Gasteiger partial charge < -0.3 is 24.6 Å². The van der Waals surface area contributed by atoms with Crippen molar-refractivity contribution in [3.63, 3.8) is 0 Å². The molecule has 1 amide bonds. The minimum Gasteiger partial charge on any atom is -0.481 e. The first-order chi connectivity index (χ1) is 11.2. The van der Waals surface area contributed by atoms with Crippen LogP contribution < -0.4 is 5.32 Å². The summed E-state index contributed by atoms with van der Waals surface area (Å²) < 4.78 is 14.9. The summed E-state index contributed by atoms with van der Waals surface area (Å²) in [5.74, 6) is -1.62. The molecular formula is C16H29NO7. The van der Waals surface area contributed by atoms with Gasteiger partial charge in [-0.3, -0.25) is 9.59 Å². The Balaban J connectivity index is 4.30. The molecule has 0 aliphatic heterocycles. The number of carbonyl (C=O) groups is 3. The molecule has 8 heteroatoms. The van der Waals surface area contributed by atoms with Crippen LogP contribution in [0.3, 0.4) is 0 Å². The normalized spacial score (nSPS) is 15.7. The zero-order valence-corrected chi connectivity index (χ0v) is 15.0. The molecule has 0 fully saturated rings. The van der Waals surface area contributed by atoms with Crippen LogP contribution in [0.2, 0.25) is 0 Å². The van der Waals surface area contributed by atoms with Crippen LogP contribution in [0, 0.1) is 11.8 Å². The Morgan fingerprint density at radius 1 is 1.17 bits per heavy atom. The van der Waals surface area contributed by atoms with Crippen molar-refractivity contribution in [3.05, 3.63) is 0 Å². The molecule has 0 radical (unpaired) electrons. The van der Waals surface area contributed by atoms with Crippen LogP contribution in [-0.4, -0.2) is 49.2 Å². The molecule has 2 unspecified atom stereocenters. The zero-order valence-electron chi connectivity index (χ0n) is 15.0. The van der Waals surface area contributed by atoms with E-state index in [4.69, 9.17) is 19.3 Å². The second-order valence-electron chi connectivity index (χ2n) is 5.79. The molecule has 0 saturated carbocycles. The number of carbonyl (C=O) groups excluding carboxylic acids is 2. The van der Waals surface area contributed by atoms with Gasteiger partial charge in [0.2, 0.25) is 0 Å². The van der Waals surface area contributed by atoms with Gasteiger partial charge in [-0.1, -0.05) is 20.3 Å². The number of amides is 1. The number of nitrogens with one attached hydrogen (secondary N) is 1. The van der Waals surface area contributed by atoms with Gasteiger partial charge in [0.25, 0.3) is 6.29 Å². The largest absolute Gasteiger partial charge is 0.481 e. The van der Waals surface area contributed by atoms with Gasteiger partial charge >= 0.3 is 18.0 Å². The first-order valence-corrected chi connectivity index (χ1v) is 8.08. The van der Waals surface area contributed by atoms with E-state index in [0.717, 1.165) is 6.42 Å². The summed E-state index contributed by atoms with van der Waals surface area (Å²) in [5, 5.41) is 11.5. The average molecular weight is 347 g/mol. The molecular weight excluding hydrogens is 318 g/mol. The lowest BCUT2D eigenvalue weighted by Crippen LogP contribution is -2.38. The van der Waals surface area contributed by atoms with E-state index in [-0.39, 0.29) is 5.92 Å². The molecule has 0 aromatic rings. The van der Waals surface area contributed by atoms with Gasteiger partial charge in [-0.2, -0.15) is 0 Å². The van der Waals surface area contributed by atoms with Gasteiger partial charge in [0.15, 0.2) is 0 Å². The highest BCUT2D eigenvalue weighted by molar-refractivity contribution is 5.69. The number of alkyl carbamates (subject to hydrolysis) is 1. The van der Waals surface area contributed by atoms with Gasteiger partial charge in [0.05, 0.1) is 5.92 Å². The highest BCUT2D eigenvalue weighted by Crippen LogP contribution is 2.18. The van der Waals surface area contributed by atoms with Gasteiger partial charge in [-0.15, -0.1) is 0 Å². The standard InChI is InChI=1S/C16H29NO7/c1-6-13(9-10(2)14(19)20)7-8-17-16(21)24-15(11(3)22-5)23-12(4)18/h10-11,13,15H,6-9H2,1-5H3,(H,17,21)(H,19,20)/t10-,11?,13?,15-/m0/s1. The second-order valence-corrected chi connectivity index (χ2v) is 5.79. The fraction of sp³-hybridized carbons (Fsp3) is 0.812. The smallest absolute Gasteiger partial charge is 0.410 e. The van der Waals surface area contributed by atoms with Crippen molar-refractivity contribution < 1.29 is 33.7 Å². The predicted octanol–water partition coefficient (Wildman–Crippen LogP) is 2.16. The maximum Gasteiger partial charge on any atom is 0.410 e. The van der Waals surface area contributed by atoms with E-state index in [1.165, 1.54) is 14.0 Å². The Morgan fingerprint density at radius 2 is 1.79 bits per heavy atom. The van der Waals surface area contributed by atoms with E-state index in [0.29, 0.717) is 19.4 Å². The van der Waals surface area contributed by atoms with Crippen LogP contribution in [0.25, 0.3) is 0 Å². The van der Waals surface area contributed by atoms with Crippen molar-refractivity contribution in [2.75, 3.05) is 13.7 Å². The van der Waals surface area contributed by atoms with E-state index in [9.17, 15) is 14.4 Å². The Bertz CT molecular complexity index is 413. The lowest BCUT2D eigenvalue weighted by Gasteiger charge is -2.22. The molecule has 0 spiro atoms. The van der Waals surface area contributed by atoms with Crippen LogP contribution in [0.15, 0.2) is 0 Å². The van der Waals surface area contributed by atoms with E-state index >= 15 is 0 Å². The van der Waals surface area contributed by atoms with Crippen LogP contribution in [0.1, 0.15) is 47.0 Å². The molecule has 0 aliphatic rings. The summed E-state index contributed by atoms with van der Waals surface area (Å²) in [6.45, 7) is 6.82. The highest BCUT2D eigenvalue weighted by atomic mass is 16.7. The number of rotatable bonds is 11. The van der Waals surface area contributed by atoms with Crippen molar-refractivity contribution in [1.82, 2.24) is 5.32 Å². The highest BCUT2D eigenvalue weighted by Gasteiger charge is 2.24. The molecule has 2 N–H and O–H groups in total. The maximum atomic E-state index is 11.8. The minimum atomic E-state index is -1.12. The summed E-state index contributed by atoms with van der Waals surface area (Å²) in [5.41, 5.74) is 0. The number of hydrogen-bond acceptors (Lipinski definition) is 6. The van der Waals surface area contributed by atoms with E-state index < -0.39 is 36.3 Å². The predicted molar refractivity (Wildman–Crippen MR) is 86.3 cm³/mol. The minimum absolute atomic E-state index is 0.193. The number of ether oxygens (including phenoxy) is 3. The molecule has 0 rings (SSSR count). The fourth-order valence-electron chi connectivity index (χ4n) is 2.11. The SMILES string of the molecule is CCC(CCNC(=O)O[C@H](OC(C)=O)C(C)OC)C[C@H](C)C(=O)O. The van der Waals surface area contributed by atoms with E-state index in [1.54, 1.807) is 13.8 Å². The van der Waals surface area contributed by atoms with Crippen LogP contribution >= 0.6 is 0 Å². The molecule has 0 saturated heterocycles. The Hall–Kier alpha value is -1.83. The first-order valence-electron chi connectivity index (χ1n) is 8.08. The number of aliphatic carboxylic acids is 1. The molecule has 0 aromatic carbocycles. The number of carboxylic acids is 1. The van der Waals surface area contributed by atoms with E-state index in [1.807, 2.05) is 6.92 Å². The third-order valence-electron chi connectivity index (χ3n) is 3.77. The Labute approximate surface area is 142 Å². The molecule has 0 bridgehead atoms. The number of esters is 1. The summed E-state index contributed by atoms with van der Waals surface area (Å²) in [4.78, 5) is 33.7. The number of carboxylic acid groups (broad SMARTS) is 1. The van der Waals surface area contributed by atoms with Crippen LogP contribution in [0.5, 0.6) is 0 Å². The van der Waals surface area contributed by atoms with Gasteiger partial charge in [0, 0.05) is 20.6 Å². The zero-order chi connectivity index (χ0) is 18.7. The monoisotopic (exact) mass is 347 g/mol. The van der Waals surface area contributed by atoms with Gasteiger partial charge in [-0.05, 0) is 25.7 Å². The Morgan fingerprint density at radius 3 is 2.25 bits per heavy atom. The van der Waals surface area contributed by atoms with Crippen molar-refractivity contribution in [2.45, 2.75) is 59.4 Å². The second kappa shape index (κ2) is 11.7. The summed E-state index contributed by atoms with van der Waals surface area (Å²) >= 11 is 0. The third-order valence-corrected chi connectivity index (χ3v) is 3.77. The lowest BCUT2D eigenvalue weighted by molar-refractivity contribution is -0.185. The number of methoxy groups -OCH3 is 1. The van der Waals surface area contributed by atoms with E-state index in [2.05, 4.69) is 5.32 Å². The Kier molecular flexibility index (Phi) is 10.8. The summed E-state index contributed by atoms with van der Waals surface area (Å²) in [6.07, 6.45) is -0.418. The molecule has 8 nitrogen and oxygen atoms in total. The van der Waals surface area contributed by atoms with Gasteiger partial charge in [0.1, 0.15) is 6.10 Å². The molecule has 0 aromatic heterocycles. The molecule has 0 aliphatic carbocycles. The summed E-state index contributed by atoms with van der Waals surface area (Å²) in [7, 11) is 1.41. The number of hydrogen-bond donors (Lipinski definition) is 2. The first kappa shape index (κ1) is 22.2. The van der Waals surface area contributed by atoms with Crippen molar-refractivity contribution >= 4 is 18.0 Å². The fourth-order valence-corrected chi connectivity index (χ4v) is 2.11. The van der Waals surface area contributed by atoms with Crippen LogP contribution in [-0.2, 0) is 23.8 Å². The van der Waals surface area contributed by atoms with Crippen molar-refractivity contribution in [2.24, 2.45) is 11.8 Å². The molecule has 24 heavy (non-hydrogen) atoms. The third kappa shape index (κ3) is 9.34. The van der Waals surface area contributed by atoms with Gasteiger partial charge in [-0.25, -0.2) is 4.79 Å². The maximum absolute atomic E-state index is 11.8.